The zero-order valence-electron chi connectivity index (χ0n) is 12.0. The second-order valence-electron chi connectivity index (χ2n) is 4.55. The quantitative estimate of drug-likeness (QED) is 0.438. The molecule has 0 saturated carbocycles. The van der Waals surface area contributed by atoms with E-state index in [9.17, 15) is 27.2 Å². The Hall–Kier alpha value is -1.83. The van der Waals surface area contributed by atoms with Crippen LogP contribution in [0.3, 0.4) is 0 Å². The van der Waals surface area contributed by atoms with E-state index >= 15 is 0 Å². The number of ether oxygens (including phenoxy) is 2. The molecule has 0 heterocycles. The van der Waals surface area contributed by atoms with Crippen LogP contribution in [0.25, 0.3) is 0 Å². The summed E-state index contributed by atoms with van der Waals surface area (Å²) in [5.41, 5.74) is 0. The van der Waals surface area contributed by atoms with Crippen molar-refractivity contribution < 1.29 is 36.6 Å². The summed E-state index contributed by atoms with van der Waals surface area (Å²) in [5.74, 6) is -3.23. The van der Waals surface area contributed by atoms with Gasteiger partial charge in [-0.2, -0.15) is 13.2 Å². The van der Waals surface area contributed by atoms with Gasteiger partial charge in [-0.1, -0.05) is 17.7 Å². The van der Waals surface area contributed by atoms with Crippen LogP contribution in [0, 0.1) is 5.82 Å². The standard InChI is InChI=1S/C14H13ClF4O4/c1-8(14(17,18)19)22-11(20)6-3-7-12(21)23-13-9(15)4-2-5-10(13)16/h2,4-5,8H,3,6-7H2,1H3. The van der Waals surface area contributed by atoms with Gasteiger partial charge in [0, 0.05) is 12.8 Å². The minimum Gasteiger partial charge on any atom is -0.453 e. The third-order valence-electron chi connectivity index (χ3n) is 2.67. The van der Waals surface area contributed by atoms with E-state index in [1.54, 1.807) is 0 Å². The highest BCUT2D eigenvalue weighted by Crippen LogP contribution is 2.27. The number of hydrogen-bond donors (Lipinski definition) is 0. The summed E-state index contributed by atoms with van der Waals surface area (Å²) in [5, 5.41) is -0.100. The minimum atomic E-state index is -4.64. The average molecular weight is 357 g/mol. The fourth-order valence-corrected chi connectivity index (χ4v) is 1.65. The first-order valence-electron chi connectivity index (χ1n) is 6.52. The SMILES string of the molecule is CC(OC(=O)CCCC(=O)Oc1c(F)cccc1Cl)C(F)(F)F. The molecule has 0 aliphatic rings. The van der Waals surface area contributed by atoms with Crippen LogP contribution in [0.15, 0.2) is 18.2 Å². The molecule has 0 aliphatic heterocycles. The monoisotopic (exact) mass is 356 g/mol. The maximum atomic E-state index is 13.4. The molecule has 1 aromatic rings. The number of para-hydroxylation sites is 1. The van der Waals surface area contributed by atoms with Gasteiger partial charge in [0.25, 0.3) is 0 Å². The maximum absolute atomic E-state index is 13.4. The number of hydrogen-bond acceptors (Lipinski definition) is 4. The molecular formula is C14H13ClF4O4. The number of benzene rings is 1. The molecule has 0 fully saturated rings. The summed E-state index contributed by atoms with van der Waals surface area (Å²) in [6.45, 7) is 0.701. The largest absolute Gasteiger partial charge is 0.453 e. The topological polar surface area (TPSA) is 52.6 Å². The lowest BCUT2D eigenvalue weighted by molar-refractivity contribution is -0.216. The molecule has 1 rings (SSSR count). The van der Waals surface area contributed by atoms with Crippen LogP contribution in [0.1, 0.15) is 26.2 Å². The Morgan fingerprint density at radius 3 is 2.39 bits per heavy atom. The zero-order chi connectivity index (χ0) is 17.6. The highest BCUT2D eigenvalue weighted by atomic mass is 35.5. The molecule has 0 N–H and O–H groups in total. The van der Waals surface area contributed by atoms with Gasteiger partial charge in [0.05, 0.1) is 5.02 Å². The Balaban J connectivity index is 2.39. The molecule has 0 aliphatic carbocycles. The molecule has 0 bridgehead atoms. The second-order valence-corrected chi connectivity index (χ2v) is 4.96. The van der Waals surface area contributed by atoms with Crippen LogP contribution in [-0.2, 0) is 14.3 Å². The minimum absolute atomic E-state index is 0.100. The molecule has 0 spiro atoms. The molecule has 9 heteroatoms. The molecule has 4 nitrogen and oxygen atoms in total. The predicted octanol–water partition coefficient (Wildman–Crippen LogP) is 4.05. The number of esters is 2. The summed E-state index contributed by atoms with van der Waals surface area (Å²) < 4.78 is 58.8. The molecule has 0 radical (unpaired) electrons. The first-order chi connectivity index (χ1) is 10.6. The van der Waals surface area contributed by atoms with Crippen LogP contribution in [-0.4, -0.2) is 24.2 Å². The molecule has 128 valence electrons. The van der Waals surface area contributed by atoms with E-state index < -0.39 is 42.2 Å². The van der Waals surface area contributed by atoms with Gasteiger partial charge in [-0.05, 0) is 25.5 Å². The zero-order valence-corrected chi connectivity index (χ0v) is 12.7. The van der Waals surface area contributed by atoms with Gasteiger partial charge in [0.2, 0.25) is 0 Å². The number of halogens is 5. The van der Waals surface area contributed by atoms with Gasteiger partial charge in [0.15, 0.2) is 17.7 Å². The smallest absolute Gasteiger partial charge is 0.425 e. The number of rotatable bonds is 6. The van der Waals surface area contributed by atoms with Crippen molar-refractivity contribution in [1.82, 2.24) is 0 Å². The Morgan fingerprint density at radius 1 is 1.22 bits per heavy atom. The highest BCUT2D eigenvalue weighted by Gasteiger charge is 2.38. The summed E-state index contributed by atoms with van der Waals surface area (Å²) in [6, 6.07) is 3.69. The molecule has 1 aromatic carbocycles. The Morgan fingerprint density at radius 2 is 1.83 bits per heavy atom. The summed E-state index contributed by atoms with van der Waals surface area (Å²) >= 11 is 5.66. The number of carbonyl (C=O) groups is 2. The Bertz CT molecular complexity index is 554. The average Bonchev–Trinajstić information content (AvgIpc) is 2.42. The van der Waals surface area contributed by atoms with E-state index in [4.69, 9.17) is 16.3 Å². The van der Waals surface area contributed by atoms with E-state index in [1.807, 2.05) is 0 Å². The van der Waals surface area contributed by atoms with Crippen molar-refractivity contribution in [2.75, 3.05) is 0 Å². The highest BCUT2D eigenvalue weighted by molar-refractivity contribution is 6.32. The predicted molar refractivity (Wildman–Crippen MR) is 72.5 cm³/mol. The third-order valence-corrected chi connectivity index (χ3v) is 2.96. The van der Waals surface area contributed by atoms with Gasteiger partial charge in [0.1, 0.15) is 0 Å². The van der Waals surface area contributed by atoms with Gasteiger partial charge in [-0.15, -0.1) is 0 Å². The molecule has 0 saturated heterocycles. The number of carbonyl (C=O) groups excluding carboxylic acids is 2. The van der Waals surface area contributed by atoms with Gasteiger partial charge in [-0.25, -0.2) is 4.39 Å². The van der Waals surface area contributed by atoms with Gasteiger partial charge in [-0.3, -0.25) is 9.59 Å². The lowest BCUT2D eigenvalue weighted by Crippen LogP contribution is -2.30. The molecular weight excluding hydrogens is 344 g/mol. The van der Waals surface area contributed by atoms with Gasteiger partial charge >= 0.3 is 18.1 Å². The summed E-state index contributed by atoms with van der Waals surface area (Å²) in [4.78, 5) is 22.7. The van der Waals surface area contributed by atoms with E-state index in [-0.39, 0.29) is 17.9 Å². The fourth-order valence-electron chi connectivity index (χ4n) is 1.44. The van der Waals surface area contributed by atoms with Crippen molar-refractivity contribution in [2.24, 2.45) is 0 Å². The van der Waals surface area contributed by atoms with Crippen molar-refractivity contribution in [3.63, 3.8) is 0 Å². The van der Waals surface area contributed by atoms with E-state index in [0.717, 1.165) is 6.07 Å². The molecule has 1 unspecified atom stereocenters. The normalized spacial score (nSPS) is 12.6. The summed E-state index contributed by atoms with van der Waals surface area (Å²) in [6.07, 6.45) is -7.68. The second kappa shape index (κ2) is 8.14. The molecule has 1 atom stereocenters. The Labute approximate surface area is 134 Å². The van der Waals surface area contributed by atoms with Crippen LogP contribution in [0.4, 0.5) is 17.6 Å². The lowest BCUT2D eigenvalue weighted by Gasteiger charge is -2.16. The first kappa shape index (κ1) is 19.2. The van der Waals surface area contributed by atoms with E-state index in [0.29, 0.717) is 6.92 Å². The van der Waals surface area contributed by atoms with E-state index in [2.05, 4.69) is 4.74 Å². The van der Waals surface area contributed by atoms with Crippen LogP contribution < -0.4 is 4.74 Å². The van der Waals surface area contributed by atoms with Crippen molar-refractivity contribution in [2.45, 2.75) is 38.5 Å². The fraction of sp³-hybridized carbons (Fsp3) is 0.429. The van der Waals surface area contributed by atoms with Crippen molar-refractivity contribution in [1.29, 1.82) is 0 Å². The Kier molecular flexibility index (Phi) is 6.80. The van der Waals surface area contributed by atoms with Crippen LogP contribution in [0.5, 0.6) is 5.75 Å². The third kappa shape index (κ3) is 6.43. The van der Waals surface area contributed by atoms with Crippen molar-refractivity contribution >= 4 is 23.5 Å². The first-order valence-corrected chi connectivity index (χ1v) is 6.90. The molecule has 0 aromatic heterocycles. The van der Waals surface area contributed by atoms with Gasteiger partial charge < -0.3 is 9.47 Å². The van der Waals surface area contributed by atoms with Crippen LogP contribution in [0.2, 0.25) is 5.02 Å². The maximum Gasteiger partial charge on any atom is 0.425 e. The number of alkyl halides is 3. The lowest BCUT2D eigenvalue weighted by atomic mass is 10.2. The molecule has 23 heavy (non-hydrogen) atoms. The van der Waals surface area contributed by atoms with E-state index in [1.165, 1.54) is 12.1 Å². The van der Waals surface area contributed by atoms with Crippen LogP contribution >= 0.6 is 11.6 Å². The van der Waals surface area contributed by atoms with Crippen molar-refractivity contribution in [3.8, 4) is 5.75 Å². The molecule has 0 amide bonds. The summed E-state index contributed by atoms with van der Waals surface area (Å²) in [7, 11) is 0. The van der Waals surface area contributed by atoms with Crippen molar-refractivity contribution in [3.05, 3.63) is 29.0 Å².